The molecule has 0 aromatic heterocycles. The minimum absolute atomic E-state index is 0.0293. The van der Waals surface area contributed by atoms with Crippen LogP contribution in [0, 0.1) is 0 Å². The van der Waals surface area contributed by atoms with E-state index in [9.17, 15) is 58.8 Å². The largest absolute Gasteiger partial charge is 0.480 e. The molecule has 0 radical (unpaired) electrons. The van der Waals surface area contributed by atoms with Gasteiger partial charge in [-0.25, -0.2) is 0 Å². The van der Waals surface area contributed by atoms with E-state index in [1.165, 1.54) is 13.8 Å². The molecule has 0 spiro atoms. The molecule has 3 atom stereocenters. The van der Waals surface area contributed by atoms with E-state index < -0.39 is 66.0 Å². The average Bonchev–Trinajstić information content (AvgIpc) is 3.04. The van der Waals surface area contributed by atoms with E-state index in [-0.39, 0.29) is 83.9 Å². The maximum Gasteiger partial charge on any atom is 0.317 e. The molecule has 4 amide bonds. The van der Waals surface area contributed by atoms with Gasteiger partial charge in [0.1, 0.15) is 12.1 Å². The van der Waals surface area contributed by atoms with Gasteiger partial charge in [-0.05, 0) is 26.7 Å². The number of hydrogen-bond donors (Lipinski definition) is 8. The monoisotopic (exact) mass is 757 g/mol. The van der Waals surface area contributed by atoms with E-state index in [4.69, 9.17) is 5.73 Å². The van der Waals surface area contributed by atoms with Crippen molar-refractivity contribution in [3.8, 4) is 0 Å². The quantitative estimate of drug-likeness (QED) is 0.0648. The van der Waals surface area contributed by atoms with Gasteiger partial charge < -0.3 is 42.1 Å². The van der Waals surface area contributed by atoms with Gasteiger partial charge in [0.25, 0.3) is 0 Å². The highest BCUT2D eigenvalue weighted by molar-refractivity contribution is 5.95. The molecule has 2 heterocycles. The first-order valence-electron chi connectivity index (χ1n) is 17.5. The molecule has 2 aliphatic heterocycles. The highest BCUT2D eigenvalue weighted by Gasteiger charge is 2.30. The number of carbonyl (C=O) groups is 8. The van der Waals surface area contributed by atoms with Crippen molar-refractivity contribution in [2.45, 2.75) is 57.3 Å². The van der Waals surface area contributed by atoms with Crippen molar-refractivity contribution in [1.82, 2.24) is 40.4 Å². The fraction of sp³-hybridized carbons (Fsp3) is 0.750. The second-order valence-electron chi connectivity index (χ2n) is 13.5. The van der Waals surface area contributed by atoms with Crippen LogP contribution in [0.1, 0.15) is 33.1 Å². The van der Waals surface area contributed by atoms with Gasteiger partial charge in [-0.2, -0.15) is 0 Å². The van der Waals surface area contributed by atoms with Crippen molar-refractivity contribution in [2.75, 3.05) is 98.2 Å². The molecule has 300 valence electrons. The van der Waals surface area contributed by atoms with E-state index >= 15 is 0 Å². The molecule has 0 saturated carbocycles. The number of aliphatic hydroxyl groups excluding tert-OH is 1. The van der Waals surface area contributed by atoms with E-state index in [0.717, 1.165) is 0 Å². The van der Waals surface area contributed by atoms with Crippen LogP contribution in [0.25, 0.3) is 0 Å². The Bertz CT molecular complexity index is 1260. The predicted octanol–water partition coefficient (Wildman–Crippen LogP) is -5.14. The number of aliphatic carboxylic acids is 3. The Morgan fingerprint density at radius 1 is 0.623 bits per heavy atom. The zero-order valence-corrected chi connectivity index (χ0v) is 30.4. The van der Waals surface area contributed by atoms with Crippen molar-refractivity contribution in [2.24, 2.45) is 5.73 Å². The Balaban J connectivity index is 1.96. The number of ketones is 1. The van der Waals surface area contributed by atoms with E-state index in [1.54, 1.807) is 14.7 Å². The Hall–Kier alpha value is -4.28. The molecule has 2 rings (SSSR count). The molecular formula is C32H55N9O12. The van der Waals surface area contributed by atoms with Crippen molar-refractivity contribution in [3.05, 3.63) is 0 Å². The smallest absolute Gasteiger partial charge is 0.317 e. The lowest BCUT2D eigenvalue weighted by molar-refractivity contribution is -0.140. The van der Waals surface area contributed by atoms with Crippen LogP contribution in [0.5, 0.6) is 0 Å². The molecule has 0 unspecified atom stereocenters. The lowest BCUT2D eigenvalue weighted by atomic mass is 10.0. The van der Waals surface area contributed by atoms with Gasteiger partial charge in [0.05, 0.1) is 45.2 Å². The minimum atomic E-state index is -1.36. The molecule has 9 N–H and O–H groups in total. The summed E-state index contributed by atoms with van der Waals surface area (Å²) in [5, 5.41) is 45.8. The first-order chi connectivity index (χ1) is 24.9. The Morgan fingerprint density at radius 2 is 1.00 bits per heavy atom. The zero-order chi connectivity index (χ0) is 39.7. The highest BCUT2D eigenvalue weighted by atomic mass is 16.4. The third-order valence-electron chi connectivity index (χ3n) is 8.97. The number of aliphatic hydroxyl groups is 1. The van der Waals surface area contributed by atoms with Gasteiger partial charge >= 0.3 is 17.9 Å². The standard InChI is InChI=1S/C32H55N9O12/c1-21(42)31(22(2)43)36-32(53)24(15-25(33)44)35-27(46)17-37-5-3-23(4-6-37)34-26(45)16-38-7-9-39(18-28(47)48)11-13-41(20-30(51)52)14-12-40(10-8-38)19-29(49)50/h21,23-24,31,42H,3-20H2,1-2H3,(H2,33,44)(H,34,45)(H,35,46)(H,36,53)(H,47,48)(H,49,50)(H,51,52)/t21-,24+,31+/m1/s1. The number of hydrogen-bond acceptors (Lipinski definition) is 14. The van der Waals surface area contributed by atoms with Crippen LogP contribution in [0.4, 0.5) is 0 Å². The summed E-state index contributed by atoms with van der Waals surface area (Å²) in [6.07, 6.45) is -0.716. The third-order valence-corrected chi connectivity index (χ3v) is 8.97. The Labute approximate surface area is 307 Å². The van der Waals surface area contributed by atoms with Crippen LogP contribution in [-0.4, -0.2) is 215 Å². The highest BCUT2D eigenvalue weighted by Crippen LogP contribution is 2.11. The molecule has 2 aliphatic rings. The van der Waals surface area contributed by atoms with E-state index in [0.29, 0.717) is 39.0 Å². The summed E-state index contributed by atoms with van der Waals surface area (Å²) in [6, 6.07) is -2.80. The maximum atomic E-state index is 13.2. The van der Waals surface area contributed by atoms with Gasteiger partial charge in [0, 0.05) is 71.5 Å². The van der Waals surface area contributed by atoms with Crippen molar-refractivity contribution in [3.63, 3.8) is 0 Å². The molecule has 53 heavy (non-hydrogen) atoms. The molecule has 21 heteroatoms. The normalized spacial score (nSPS) is 19.8. The van der Waals surface area contributed by atoms with Crippen LogP contribution < -0.4 is 21.7 Å². The molecule has 21 nitrogen and oxygen atoms in total. The fourth-order valence-corrected chi connectivity index (χ4v) is 6.17. The number of likely N-dealkylation sites (tertiary alicyclic amines) is 1. The van der Waals surface area contributed by atoms with Gasteiger partial charge in [-0.1, -0.05) is 0 Å². The molecule has 0 aromatic carbocycles. The second-order valence-corrected chi connectivity index (χ2v) is 13.5. The van der Waals surface area contributed by atoms with Crippen LogP contribution in [0.15, 0.2) is 0 Å². The van der Waals surface area contributed by atoms with Crippen molar-refractivity contribution < 1.29 is 58.8 Å². The van der Waals surface area contributed by atoms with Crippen LogP contribution in [0.2, 0.25) is 0 Å². The summed E-state index contributed by atoms with van der Waals surface area (Å²) in [4.78, 5) is 105. The lowest BCUT2D eigenvalue weighted by Gasteiger charge is -2.34. The van der Waals surface area contributed by atoms with E-state index in [2.05, 4.69) is 16.0 Å². The number of carbonyl (C=O) groups excluding carboxylic acids is 5. The fourth-order valence-electron chi connectivity index (χ4n) is 6.17. The molecule has 0 aliphatic carbocycles. The summed E-state index contributed by atoms with van der Waals surface area (Å²) in [6.45, 7) is 4.59. The number of piperidine rings is 1. The first-order valence-corrected chi connectivity index (χ1v) is 17.5. The predicted molar refractivity (Wildman–Crippen MR) is 186 cm³/mol. The van der Waals surface area contributed by atoms with Gasteiger partial charge in [-0.3, -0.25) is 62.9 Å². The van der Waals surface area contributed by atoms with Gasteiger partial charge in [0.2, 0.25) is 23.6 Å². The summed E-state index contributed by atoms with van der Waals surface area (Å²) in [5.74, 6) is -6.20. The number of carboxylic acids is 3. The second kappa shape index (κ2) is 22.7. The SMILES string of the molecule is CC(=O)[C@@H](NC(=O)[C@H](CC(N)=O)NC(=O)CN1CCC(NC(=O)CN2CCN(CC(=O)O)CCN(CC(=O)O)CCN(CC(=O)O)CC2)CC1)[C@@H](C)O. The van der Waals surface area contributed by atoms with Crippen LogP contribution >= 0.6 is 0 Å². The summed E-state index contributed by atoms with van der Waals surface area (Å²) >= 11 is 0. The summed E-state index contributed by atoms with van der Waals surface area (Å²) in [5.41, 5.74) is 5.26. The molecule has 0 aromatic rings. The molecule has 2 saturated heterocycles. The summed E-state index contributed by atoms with van der Waals surface area (Å²) < 4.78 is 0. The number of amides is 4. The third kappa shape index (κ3) is 18.4. The number of nitrogens with two attached hydrogens (primary N) is 1. The Kier molecular flexibility index (Phi) is 19.2. The number of rotatable bonds is 18. The number of nitrogens with zero attached hydrogens (tertiary/aromatic N) is 5. The zero-order valence-electron chi connectivity index (χ0n) is 30.4. The molecule has 0 bridgehead atoms. The molecular weight excluding hydrogens is 702 g/mol. The van der Waals surface area contributed by atoms with Crippen molar-refractivity contribution >= 4 is 47.3 Å². The number of nitrogens with one attached hydrogen (secondary N) is 3. The van der Waals surface area contributed by atoms with Crippen molar-refractivity contribution in [1.29, 1.82) is 0 Å². The number of carboxylic acid groups (broad SMARTS) is 3. The van der Waals surface area contributed by atoms with Gasteiger partial charge in [0.15, 0.2) is 5.78 Å². The van der Waals surface area contributed by atoms with E-state index in [1.807, 2.05) is 9.80 Å². The van der Waals surface area contributed by atoms with Crippen LogP contribution in [-0.2, 0) is 38.4 Å². The lowest BCUT2D eigenvalue weighted by Crippen LogP contribution is -2.56. The number of Topliss-reactive ketones (excluding diaryl/α,β-unsaturated/α-hetero) is 1. The first kappa shape index (κ1) is 44.9. The van der Waals surface area contributed by atoms with Gasteiger partial charge in [-0.15, -0.1) is 0 Å². The topological polar surface area (TPSA) is 296 Å². The minimum Gasteiger partial charge on any atom is -0.480 e. The number of primary amides is 1. The summed E-state index contributed by atoms with van der Waals surface area (Å²) in [7, 11) is 0. The molecule has 2 fully saturated rings. The maximum absolute atomic E-state index is 13.2. The Morgan fingerprint density at radius 3 is 1.36 bits per heavy atom. The van der Waals surface area contributed by atoms with Crippen LogP contribution in [0.3, 0.4) is 0 Å². The average molecular weight is 758 g/mol.